The predicted molar refractivity (Wildman–Crippen MR) is 70.6 cm³/mol. The maximum absolute atomic E-state index is 5.40. The van der Waals surface area contributed by atoms with Gasteiger partial charge in [-0.15, -0.1) is 0 Å². The minimum absolute atomic E-state index is 0.342. The van der Waals surface area contributed by atoms with Gasteiger partial charge in [-0.25, -0.2) is 4.98 Å². The molecule has 1 aliphatic heterocycles. The van der Waals surface area contributed by atoms with Crippen molar-refractivity contribution in [3.63, 3.8) is 0 Å². The summed E-state index contributed by atoms with van der Waals surface area (Å²) < 4.78 is 9.74. The summed E-state index contributed by atoms with van der Waals surface area (Å²) in [6.07, 6.45) is 4.33. The molecule has 1 aromatic heterocycles. The molecule has 1 saturated heterocycles. The number of hydrogen-bond donors (Lipinski definition) is 1. The molecule has 0 amide bonds. The smallest absolute Gasteiger partial charge is 0.202 e. The van der Waals surface area contributed by atoms with Crippen LogP contribution in [0.15, 0.2) is 0 Å². The van der Waals surface area contributed by atoms with Gasteiger partial charge >= 0.3 is 0 Å². The summed E-state index contributed by atoms with van der Waals surface area (Å²) in [6, 6.07) is 0. The highest BCUT2D eigenvalue weighted by molar-refractivity contribution is 7.09. The zero-order chi connectivity index (χ0) is 12.1. The molecule has 1 aliphatic rings. The fourth-order valence-corrected chi connectivity index (χ4v) is 2.59. The van der Waals surface area contributed by atoms with E-state index in [9.17, 15) is 0 Å². The van der Waals surface area contributed by atoms with E-state index in [0.29, 0.717) is 5.41 Å². The number of aryl methyl sites for hydroxylation is 1. The van der Waals surface area contributed by atoms with Crippen LogP contribution in [0.1, 0.15) is 38.9 Å². The van der Waals surface area contributed by atoms with E-state index in [1.165, 1.54) is 11.5 Å². The Morgan fingerprint density at radius 1 is 1.41 bits per heavy atom. The van der Waals surface area contributed by atoms with Gasteiger partial charge in [-0.1, -0.05) is 13.8 Å². The van der Waals surface area contributed by atoms with Gasteiger partial charge in [-0.3, -0.25) is 0 Å². The van der Waals surface area contributed by atoms with Crippen LogP contribution >= 0.6 is 11.5 Å². The maximum atomic E-state index is 5.40. The van der Waals surface area contributed by atoms with E-state index in [1.54, 1.807) is 0 Å². The largest absolute Gasteiger partial charge is 0.381 e. The van der Waals surface area contributed by atoms with Crippen LogP contribution in [0.4, 0.5) is 5.13 Å². The highest BCUT2D eigenvalue weighted by Crippen LogP contribution is 2.30. The van der Waals surface area contributed by atoms with Gasteiger partial charge in [0.25, 0.3) is 0 Å². The van der Waals surface area contributed by atoms with Crippen LogP contribution in [0.3, 0.4) is 0 Å². The van der Waals surface area contributed by atoms with Crippen molar-refractivity contribution in [2.45, 2.75) is 39.5 Å². The van der Waals surface area contributed by atoms with E-state index in [1.807, 2.05) is 0 Å². The van der Waals surface area contributed by atoms with Crippen molar-refractivity contribution < 1.29 is 4.74 Å². The lowest BCUT2D eigenvalue weighted by atomic mass is 9.82. The summed E-state index contributed by atoms with van der Waals surface area (Å²) in [7, 11) is 0. The van der Waals surface area contributed by atoms with Gasteiger partial charge in [0, 0.05) is 37.7 Å². The first kappa shape index (κ1) is 12.8. The minimum Gasteiger partial charge on any atom is -0.381 e. The number of hydrogen-bond acceptors (Lipinski definition) is 5. The fourth-order valence-electron chi connectivity index (χ4n) is 1.98. The van der Waals surface area contributed by atoms with Gasteiger partial charge in [0.15, 0.2) is 0 Å². The molecule has 0 radical (unpaired) electrons. The lowest BCUT2D eigenvalue weighted by molar-refractivity contribution is 0.0300. The third-order valence-corrected chi connectivity index (χ3v) is 4.02. The van der Waals surface area contributed by atoms with E-state index in [2.05, 4.69) is 28.5 Å². The molecule has 2 rings (SSSR count). The molecule has 0 bridgehead atoms. The lowest BCUT2D eigenvalue weighted by Gasteiger charge is -2.33. The first-order chi connectivity index (χ1) is 8.22. The van der Waals surface area contributed by atoms with E-state index in [4.69, 9.17) is 4.74 Å². The molecule has 4 nitrogen and oxygen atoms in total. The number of nitrogens with one attached hydrogen (secondary N) is 1. The molecule has 0 unspecified atom stereocenters. The number of anilines is 1. The van der Waals surface area contributed by atoms with Crippen LogP contribution in [0.25, 0.3) is 0 Å². The molecular weight excluding hydrogens is 234 g/mol. The van der Waals surface area contributed by atoms with E-state index in [0.717, 1.165) is 56.4 Å². The molecule has 0 aliphatic carbocycles. The first-order valence-electron chi connectivity index (χ1n) is 6.36. The van der Waals surface area contributed by atoms with Gasteiger partial charge in [-0.2, -0.15) is 4.37 Å². The molecule has 1 fully saturated rings. The van der Waals surface area contributed by atoms with Gasteiger partial charge in [0.2, 0.25) is 5.13 Å². The third kappa shape index (κ3) is 3.64. The molecule has 1 N–H and O–H groups in total. The van der Waals surface area contributed by atoms with E-state index >= 15 is 0 Å². The third-order valence-electron chi connectivity index (χ3n) is 3.31. The van der Waals surface area contributed by atoms with Crippen molar-refractivity contribution in [2.24, 2.45) is 5.41 Å². The summed E-state index contributed by atoms with van der Waals surface area (Å²) >= 11 is 1.47. The number of rotatable bonds is 5. The average molecular weight is 255 g/mol. The van der Waals surface area contributed by atoms with Gasteiger partial charge in [-0.05, 0) is 24.7 Å². The van der Waals surface area contributed by atoms with Crippen molar-refractivity contribution in [3.8, 4) is 0 Å². The standard InChI is InChI=1S/C12H21N3OS/c1-3-4-10-14-11(17-15-10)13-9-12(2)5-7-16-8-6-12/h3-9H2,1-2H3,(H,13,14,15). The maximum Gasteiger partial charge on any atom is 0.202 e. The molecule has 2 heterocycles. The molecule has 0 spiro atoms. The Balaban J connectivity index is 1.83. The lowest BCUT2D eigenvalue weighted by Crippen LogP contribution is -2.33. The summed E-state index contributed by atoms with van der Waals surface area (Å²) in [4.78, 5) is 4.48. The van der Waals surface area contributed by atoms with Crippen LogP contribution in [0.5, 0.6) is 0 Å². The Labute approximate surface area is 107 Å². The van der Waals surface area contributed by atoms with Crippen molar-refractivity contribution >= 4 is 16.7 Å². The highest BCUT2D eigenvalue weighted by atomic mass is 32.1. The van der Waals surface area contributed by atoms with Crippen molar-refractivity contribution in [1.82, 2.24) is 9.36 Å². The summed E-state index contributed by atoms with van der Waals surface area (Å²) in [6.45, 7) is 7.20. The number of aromatic nitrogens is 2. The Kier molecular flexibility index (Phi) is 4.34. The highest BCUT2D eigenvalue weighted by Gasteiger charge is 2.27. The molecule has 0 atom stereocenters. The Morgan fingerprint density at radius 2 is 2.18 bits per heavy atom. The molecule has 0 aromatic carbocycles. The molecule has 5 heteroatoms. The van der Waals surface area contributed by atoms with Crippen molar-refractivity contribution in [2.75, 3.05) is 25.1 Å². The molecule has 1 aromatic rings. The second kappa shape index (κ2) is 5.78. The second-order valence-electron chi connectivity index (χ2n) is 5.04. The van der Waals surface area contributed by atoms with E-state index < -0.39 is 0 Å². The van der Waals surface area contributed by atoms with E-state index in [-0.39, 0.29) is 0 Å². The van der Waals surface area contributed by atoms with Gasteiger partial charge < -0.3 is 10.1 Å². The Morgan fingerprint density at radius 3 is 2.88 bits per heavy atom. The second-order valence-corrected chi connectivity index (χ2v) is 5.79. The SMILES string of the molecule is CCCc1nsc(NCC2(C)CCOCC2)n1. The van der Waals surface area contributed by atoms with Crippen LogP contribution in [-0.4, -0.2) is 29.1 Å². The molecule has 17 heavy (non-hydrogen) atoms. The number of ether oxygens (including phenoxy) is 1. The summed E-state index contributed by atoms with van der Waals surface area (Å²) in [5, 5.41) is 4.38. The minimum atomic E-state index is 0.342. The molecular formula is C12H21N3OS. The van der Waals surface area contributed by atoms with Crippen molar-refractivity contribution in [3.05, 3.63) is 5.82 Å². The zero-order valence-corrected chi connectivity index (χ0v) is 11.5. The monoisotopic (exact) mass is 255 g/mol. The number of nitrogens with zero attached hydrogens (tertiary/aromatic N) is 2. The van der Waals surface area contributed by atoms with Gasteiger partial charge in [0.05, 0.1) is 0 Å². The predicted octanol–water partition coefficient (Wildman–Crippen LogP) is 2.72. The normalized spacial score (nSPS) is 19.2. The van der Waals surface area contributed by atoms with Crippen LogP contribution in [0.2, 0.25) is 0 Å². The molecule has 96 valence electrons. The molecule has 0 saturated carbocycles. The Hall–Kier alpha value is -0.680. The quantitative estimate of drug-likeness (QED) is 0.879. The van der Waals surface area contributed by atoms with Crippen LogP contribution < -0.4 is 5.32 Å². The fraction of sp³-hybridized carbons (Fsp3) is 0.833. The summed E-state index contributed by atoms with van der Waals surface area (Å²) in [5.41, 5.74) is 0.342. The van der Waals surface area contributed by atoms with Crippen molar-refractivity contribution in [1.29, 1.82) is 0 Å². The van der Waals surface area contributed by atoms with Crippen LogP contribution in [-0.2, 0) is 11.2 Å². The topological polar surface area (TPSA) is 47.0 Å². The zero-order valence-electron chi connectivity index (χ0n) is 10.7. The Bertz CT molecular complexity index is 347. The average Bonchev–Trinajstić information content (AvgIpc) is 2.76. The first-order valence-corrected chi connectivity index (χ1v) is 7.13. The summed E-state index contributed by atoms with van der Waals surface area (Å²) in [5.74, 6) is 0.970. The van der Waals surface area contributed by atoms with Gasteiger partial charge in [0.1, 0.15) is 5.82 Å². The van der Waals surface area contributed by atoms with Crippen LogP contribution in [0, 0.1) is 5.41 Å².